The molecule has 1 aromatic carbocycles. The lowest BCUT2D eigenvalue weighted by Gasteiger charge is -2.07. The van der Waals surface area contributed by atoms with Crippen LogP contribution in [0.5, 0.6) is 5.75 Å². The van der Waals surface area contributed by atoms with Crippen LogP contribution in [-0.2, 0) is 18.4 Å². The zero-order chi connectivity index (χ0) is 19.2. The second-order valence-electron chi connectivity index (χ2n) is 5.38. The van der Waals surface area contributed by atoms with Gasteiger partial charge in [0.15, 0.2) is 16.1 Å². The van der Waals surface area contributed by atoms with Crippen LogP contribution in [0.2, 0.25) is 5.15 Å². The molecule has 10 heteroatoms. The smallest absolute Gasteiger partial charge is 0.234 e. The molecule has 0 aliphatic carbocycles. The van der Waals surface area contributed by atoms with Gasteiger partial charge in [0, 0.05) is 13.2 Å². The summed E-state index contributed by atoms with van der Waals surface area (Å²) in [6.07, 6.45) is 1.54. The number of aromatic nitrogens is 4. The van der Waals surface area contributed by atoms with Crippen molar-refractivity contribution >= 4 is 35.0 Å². The van der Waals surface area contributed by atoms with E-state index >= 15 is 0 Å². The Kier molecular flexibility index (Phi) is 6.25. The van der Waals surface area contributed by atoms with E-state index in [2.05, 4.69) is 20.5 Å². The highest BCUT2D eigenvalue weighted by atomic mass is 35.5. The lowest BCUT2D eigenvalue weighted by molar-refractivity contribution is -0.113. The molecule has 0 bridgehead atoms. The molecule has 2 aromatic heterocycles. The summed E-state index contributed by atoms with van der Waals surface area (Å²) < 4.78 is 20.2. The van der Waals surface area contributed by atoms with E-state index in [9.17, 15) is 9.18 Å². The molecule has 1 amide bonds. The molecular formula is C17H15ClFN5O2S. The summed E-state index contributed by atoms with van der Waals surface area (Å²) in [5.41, 5.74) is 0.455. The highest BCUT2D eigenvalue weighted by molar-refractivity contribution is 7.99. The first-order valence-electron chi connectivity index (χ1n) is 7.82. The zero-order valence-corrected chi connectivity index (χ0v) is 15.8. The summed E-state index contributed by atoms with van der Waals surface area (Å²) in [7, 11) is 1.78. The van der Waals surface area contributed by atoms with Gasteiger partial charge in [0.25, 0.3) is 0 Å². The van der Waals surface area contributed by atoms with Gasteiger partial charge in [0.2, 0.25) is 5.91 Å². The number of thioether (sulfide) groups is 1. The van der Waals surface area contributed by atoms with Gasteiger partial charge in [0.05, 0.1) is 11.4 Å². The average molecular weight is 408 g/mol. The first-order chi connectivity index (χ1) is 13.0. The van der Waals surface area contributed by atoms with Gasteiger partial charge >= 0.3 is 0 Å². The number of anilines is 1. The molecule has 3 rings (SSSR count). The molecule has 0 aliphatic rings. The largest absolute Gasteiger partial charge is 0.486 e. The fourth-order valence-corrected chi connectivity index (χ4v) is 2.97. The molecular weight excluding hydrogens is 393 g/mol. The molecule has 0 fully saturated rings. The van der Waals surface area contributed by atoms with Crippen molar-refractivity contribution in [3.63, 3.8) is 0 Å². The maximum absolute atomic E-state index is 12.9. The predicted octanol–water partition coefficient (Wildman–Crippen LogP) is 3.31. The van der Waals surface area contributed by atoms with Gasteiger partial charge in [-0.1, -0.05) is 23.4 Å². The fourth-order valence-electron chi connectivity index (χ4n) is 2.07. The molecule has 0 atom stereocenters. The molecule has 0 saturated carbocycles. The van der Waals surface area contributed by atoms with Crippen molar-refractivity contribution in [1.29, 1.82) is 0 Å². The van der Waals surface area contributed by atoms with Crippen molar-refractivity contribution in [2.45, 2.75) is 11.8 Å². The molecule has 0 saturated heterocycles. The fraction of sp³-hybridized carbons (Fsp3) is 0.176. The summed E-state index contributed by atoms with van der Waals surface area (Å²) in [6, 6.07) is 9.07. The summed E-state index contributed by atoms with van der Waals surface area (Å²) in [5, 5.41) is 11.6. The van der Waals surface area contributed by atoms with Crippen molar-refractivity contribution in [2.24, 2.45) is 7.05 Å². The van der Waals surface area contributed by atoms with Crippen LogP contribution in [0.15, 0.2) is 47.8 Å². The second kappa shape index (κ2) is 8.83. The van der Waals surface area contributed by atoms with Gasteiger partial charge in [-0.05, 0) is 36.4 Å². The van der Waals surface area contributed by atoms with Gasteiger partial charge in [0.1, 0.15) is 18.2 Å². The highest BCUT2D eigenvalue weighted by Gasteiger charge is 2.13. The SMILES string of the molecule is Cn1c(COc2ccc(F)cc2)nnc1SCC(=O)Nc1cccnc1Cl. The van der Waals surface area contributed by atoms with Crippen LogP contribution in [0.3, 0.4) is 0 Å². The predicted molar refractivity (Wildman–Crippen MR) is 100 cm³/mol. The quantitative estimate of drug-likeness (QED) is 0.478. The Bertz CT molecular complexity index is 935. The van der Waals surface area contributed by atoms with Gasteiger partial charge in [-0.25, -0.2) is 9.37 Å². The third-order valence-electron chi connectivity index (χ3n) is 3.47. The minimum Gasteiger partial charge on any atom is -0.486 e. The van der Waals surface area contributed by atoms with Crippen LogP contribution < -0.4 is 10.1 Å². The Hall–Kier alpha value is -2.65. The van der Waals surface area contributed by atoms with Gasteiger partial charge in [-0.15, -0.1) is 10.2 Å². The number of hydrogen-bond donors (Lipinski definition) is 1. The highest BCUT2D eigenvalue weighted by Crippen LogP contribution is 2.20. The third-order valence-corrected chi connectivity index (χ3v) is 4.79. The number of benzene rings is 1. The minimum absolute atomic E-state index is 0.135. The van der Waals surface area contributed by atoms with Gasteiger partial charge < -0.3 is 14.6 Å². The molecule has 27 heavy (non-hydrogen) atoms. The second-order valence-corrected chi connectivity index (χ2v) is 6.68. The number of nitrogens with zero attached hydrogens (tertiary/aromatic N) is 4. The number of hydrogen-bond acceptors (Lipinski definition) is 6. The van der Waals surface area contributed by atoms with E-state index in [0.717, 1.165) is 0 Å². The van der Waals surface area contributed by atoms with Crippen molar-refractivity contribution in [3.8, 4) is 5.75 Å². The summed E-state index contributed by atoms with van der Waals surface area (Å²) in [6.45, 7) is 0.174. The van der Waals surface area contributed by atoms with Crippen molar-refractivity contribution in [1.82, 2.24) is 19.7 Å². The molecule has 7 nitrogen and oxygen atoms in total. The number of ether oxygens (including phenoxy) is 1. The summed E-state index contributed by atoms with van der Waals surface area (Å²) in [4.78, 5) is 16.0. The van der Waals surface area contributed by atoms with E-state index in [0.29, 0.717) is 22.4 Å². The molecule has 0 unspecified atom stereocenters. The topological polar surface area (TPSA) is 81.9 Å². The molecule has 0 radical (unpaired) electrons. The zero-order valence-electron chi connectivity index (χ0n) is 14.2. The van der Waals surface area contributed by atoms with Crippen LogP contribution in [0, 0.1) is 5.82 Å². The summed E-state index contributed by atoms with van der Waals surface area (Å²) in [5.74, 6) is 0.683. The Morgan fingerprint density at radius 1 is 1.30 bits per heavy atom. The van der Waals surface area contributed by atoms with Crippen LogP contribution in [0.25, 0.3) is 0 Å². The number of carbonyl (C=O) groups is 1. The van der Waals surface area contributed by atoms with E-state index in [1.165, 1.54) is 36.0 Å². The van der Waals surface area contributed by atoms with E-state index in [1.54, 1.807) is 29.9 Å². The molecule has 2 heterocycles. The van der Waals surface area contributed by atoms with Crippen LogP contribution in [-0.4, -0.2) is 31.4 Å². The van der Waals surface area contributed by atoms with E-state index in [1.807, 2.05) is 0 Å². The number of carbonyl (C=O) groups excluding carboxylic acids is 1. The maximum atomic E-state index is 12.9. The maximum Gasteiger partial charge on any atom is 0.234 e. The lowest BCUT2D eigenvalue weighted by Crippen LogP contribution is -2.15. The average Bonchev–Trinajstić information content (AvgIpc) is 3.01. The van der Waals surface area contributed by atoms with Crippen molar-refractivity contribution in [2.75, 3.05) is 11.1 Å². The van der Waals surface area contributed by atoms with Crippen molar-refractivity contribution in [3.05, 3.63) is 59.4 Å². The number of pyridine rings is 1. The molecule has 140 valence electrons. The van der Waals surface area contributed by atoms with Gasteiger partial charge in [-0.2, -0.15) is 0 Å². The standard InChI is InChI=1S/C17H15ClFN5O2S/c1-24-14(9-26-12-6-4-11(19)5-7-12)22-23-17(24)27-10-15(25)21-13-3-2-8-20-16(13)18/h2-8H,9-10H2,1H3,(H,21,25). The van der Waals surface area contributed by atoms with E-state index in [-0.39, 0.29) is 29.2 Å². The monoisotopic (exact) mass is 407 g/mol. The van der Waals surface area contributed by atoms with Crippen molar-refractivity contribution < 1.29 is 13.9 Å². The first-order valence-corrected chi connectivity index (χ1v) is 9.19. The Balaban J connectivity index is 1.53. The Labute approximate surface area is 163 Å². The molecule has 0 spiro atoms. The minimum atomic E-state index is -0.328. The number of rotatable bonds is 7. The van der Waals surface area contributed by atoms with E-state index in [4.69, 9.17) is 16.3 Å². The Morgan fingerprint density at radius 2 is 2.07 bits per heavy atom. The molecule has 3 aromatic rings. The lowest BCUT2D eigenvalue weighted by atomic mass is 10.3. The number of halogens is 2. The van der Waals surface area contributed by atoms with Crippen LogP contribution >= 0.6 is 23.4 Å². The first kappa shape index (κ1) is 19.1. The van der Waals surface area contributed by atoms with Crippen LogP contribution in [0.4, 0.5) is 10.1 Å². The molecule has 0 aliphatic heterocycles. The number of nitrogens with one attached hydrogen (secondary N) is 1. The Morgan fingerprint density at radius 3 is 2.81 bits per heavy atom. The van der Waals surface area contributed by atoms with E-state index < -0.39 is 0 Å². The normalized spacial score (nSPS) is 10.6. The summed E-state index contributed by atoms with van der Waals surface area (Å²) >= 11 is 7.15. The van der Waals surface area contributed by atoms with Gasteiger partial charge in [-0.3, -0.25) is 4.79 Å². The third kappa shape index (κ3) is 5.18. The molecule has 1 N–H and O–H groups in total. The van der Waals surface area contributed by atoms with Crippen LogP contribution in [0.1, 0.15) is 5.82 Å². The number of amides is 1.